The molecule has 2 aromatic carbocycles. The molecule has 0 saturated carbocycles. The highest BCUT2D eigenvalue weighted by atomic mass is 19.4. The molecular formula is C22H23F3N3O2+. The van der Waals surface area contributed by atoms with Crippen molar-refractivity contribution in [3.8, 4) is 5.75 Å². The number of carbonyl (C=O) groups excluding carboxylic acids is 1. The lowest BCUT2D eigenvalue weighted by atomic mass is 10.0. The first kappa shape index (κ1) is 20.4. The molecule has 2 heterocycles. The zero-order valence-corrected chi connectivity index (χ0v) is 16.6. The summed E-state index contributed by atoms with van der Waals surface area (Å²) in [6.07, 6.45) is -2.38. The van der Waals surface area contributed by atoms with Crippen LogP contribution in [0, 0.1) is 5.92 Å². The summed E-state index contributed by atoms with van der Waals surface area (Å²) in [6.45, 7) is 4.87. The van der Waals surface area contributed by atoms with E-state index in [4.69, 9.17) is 0 Å². The minimum atomic E-state index is -4.75. The molecule has 30 heavy (non-hydrogen) atoms. The third kappa shape index (κ3) is 4.48. The van der Waals surface area contributed by atoms with Crippen molar-refractivity contribution in [1.29, 1.82) is 0 Å². The number of aliphatic imine (C=N–C) groups is 1. The van der Waals surface area contributed by atoms with Crippen LogP contribution in [-0.4, -0.2) is 37.7 Å². The van der Waals surface area contributed by atoms with E-state index in [-0.39, 0.29) is 11.7 Å². The van der Waals surface area contributed by atoms with Gasteiger partial charge in [-0.3, -0.25) is 9.69 Å². The Balaban J connectivity index is 1.58. The fraction of sp³-hybridized carbons (Fsp3) is 0.364. The quantitative estimate of drug-likeness (QED) is 0.828. The Bertz CT molecular complexity index is 957. The molecule has 0 spiro atoms. The first-order chi connectivity index (χ1) is 14.3. The number of anilines is 1. The van der Waals surface area contributed by atoms with Crippen molar-refractivity contribution < 1.29 is 27.6 Å². The number of likely N-dealkylation sites (tertiary alicyclic amines) is 1. The van der Waals surface area contributed by atoms with Crippen LogP contribution in [0.15, 0.2) is 53.5 Å². The van der Waals surface area contributed by atoms with Crippen molar-refractivity contribution in [3.63, 3.8) is 0 Å². The molecule has 158 valence electrons. The number of benzene rings is 2. The van der Waals surface area contributed by atoms with Gasteiger partial charge >= 0.3 is 6.36 Å². The van der Waals surface area contributed by atoms with Gasteiger partial charge in [0.25, 0.3) is 5.91 Å². The standard InChI is InChI=1S/C22H22F3N3O2/c1-15-5-4-12-27(13-15)14-28-19-7-3-2-6-18(19)20(21(28)29)26-16-8-10-17(11-9-16)30-22(23,24)25/h2-3,6-11,15H,4-5,12-14H2,1H3/p+1/t15-/m0/s1. The smallest absolute Gasteiger partial charge is 0.406 e. The second-order valence-corrected chi connectivity index (χ2v) is 7.86. The second-order valence-electron chi connectivity index (χ2n) is 7.86. The van der Waals surface area contributed by atoms with Crippen molar-refractivity contribution in [2.75, 3.05) is 24.7 Å². The predicted molar refractivity (Wildman–Crippen MR) is 107 cm³/mol. The summed E-state index contributed by atoms with van der Waals surface area (Å²) >= 11 is 0. The van der Waals surface area contributed by atoms with Crippen molar-refractivity contribution in [1.82, 2.24) is 0 Å². The summed E-state index contributed by atoms with van der Waals surface area (Å²) in [6, 6.07) is 12.7. The molecule has 5 nitrogen and oxygen atoms in total. The number of carbonyl (C=O) groups is 1. The molecular weight excluding hydrogens is 395 g/mol. The van der Waals surface area contributed by atoms with E-state index in [0.717, 1.165) is 30.8 Å². The van der Waals surface area contributed by atoms with Gasteiger partial charge in [-0.25, -0.2) is 4.99 Å². The summed E-state index contributed by atoms with van der Waals surface area (Å²) in [4.78, 5) is 20.8. The zero-order valence-electron chi connectivity index (χ0n) is 16.6. The third-order valence-corrected chi connectivity index (χ3v) is 5.46. The van der Waals surface area contributed by atoms with Gasteiger partial charge in [0.05, 0.1) is 24.5 Å². The number of hydrogen-bond donors (Lipinski definition) is 1. The number of rotatable bonds is 4. The van der Waals surface area contributed by atoms with Crippen LogP contribution >= 0.6 is 0 Å². The highest BCUT2D eigenvalue weighted by Gasteiger charge is 2.36. The number of fused-ring (bicyclic) bond motifs is 1. The first-order valence-corrected chi connectivity index (χ1v) is 9.99. The maximum absolute atomic E-state index is 13.2. The van der Waals surface area contributed by atoms with Gasteiger partial charge < -0.3 is 9.64 Å². The Kier molecular flexibility index (Phi) is 5.51. The Morgan fingerprint density at radius 1 is 1.17 bits per heavy atom. The average Bonchev–Trinajstić information content (AvgIpc) is 2.94. The molecule has 1 unspecified atom stereocenters. The predicted octanol–water partition coefficient (Wildman–Crippen LogP) is 3.32. The number of para-hydroxylation sites is 1. The van der Waals surface area contributed by atoms with Crippen LogP contribution in [-0.2, 0) is 4.79 Å². The van der Waals surface area contributed by atoms with Crippen LogP contribution in [0.3, 0.4) is 0 Å². The van der Waals surface area contributed by atoms with Gasteiger partial charge in [0.1, 0.15) is 11.5 Å². The van der Waals surface area contributed by atoms with Gasteiger partial charge in [-0.05, 0) is 43.2 Å². The van der Waals surface area contributed by atoms with Crippen molar-refractivity contribution >= 4 is 23.0 Å². The largest absolute Gasteiger partial charge is 0.573 e. The van der Waals surface area contributed by atoms with Gasteiger partial charge in [-0.15, -0.1) is 13.2 Å². The number of piperidine rings is 1. The number of alkyl halides is 3. The molecule has 0 aromatic heterocycles. The van der Waals surface area contributed by atoms with Crippen molar-refractivity contribution in [2.45, 2.75) is 26.1 Å². The summed E-state index contributed by atoms with van der Waals surface area (Å²) in [5.74, 6) is 0.124. The van der Waals surface area contributed by atoms with E-state index < -0.39 is 6.36 Å². The number of nitrogens with zero attached hydrogens (tertiary/aromatic N) is 2. The highest BCUT2D eigenvalue weighted by Crippen LogP contribution is 2.31. The van der Waals surface area contributed by atoms with Crippen LogP contribution in [0.5, 0.6) is 5.75 Å². The van der Waals surface area contributed by atoms with E-state index >= 15 is 0 Å². The molecule has 1 N–H and O–H groups in total. The van der Waals surface area contributed by atoms with Gasteiger partial charge in [-0.2, -0.15) is 0 Å². The Morgan fingerprint density at radius 3 is 2.60 bits per heavy atom. The van der Waals surface area contributed by atoms with Crippen LogP contribution in [0.25, 0.3) is 0 Å². The van der Waals surface area contributed by atoms with Crippen molar-refractivity contribution in [2.24, 2.45) is 10.9 Å². The second kappa shape index (κ2) is 8.10. The van der Waals surface area contributed by atoms with E-state index in [9.17, 15) is 18.0 Å². The maximum Gasteiger partial charge on any atom is 0.573 e. The molecule has 4 rings (SSSR count). The number of quaternary nitrogens is 1. The highest BCUT2D eigenvalue weighted by molar-refractivity contribution is 6.54. The lowest BCUT2D eigenvalue weighted by Gasteiger charge is -2.31. The van der Waals surface area contributed by atoms with E-state index in [1.165, 1.54) is 35.6 Å². The molecule has 2 atom stereocenters. The lowest BCUT2D eigenvalue weighted by molar-refractivity contribution is -0.907. The fourth-order valence-corrected chi connectivity index (χ4v) is 4.14. The summed E-state index contributed by atoms with van der Waals surface area (Å²) in [5, 5.41) is 0. The SMILES string of the molecule is C[C@H]1CCC[NH+](CN2C(=O)C(=Nc3ccc(OC(F)(F)F)cc3)c3ccccc32)C1. The molecule has 1 fully saturated rings. The maximum atomic E-state index is 13.2. The van der Waals surface area contributed by atoms with Gasteiger partial charge in [-0.1, -0.05) is 25.1 Å². The van der Waals surface area contributed by atoms with Crippen LogP contribution in [0.2, 0.25) is 0 Å². The molecule has 2 aromatic rings. The average molecular weight is 418 g/mol. The zero-order chi connectivity index (χ0) is 21.3. The summed E-state index contributed by atoms with van der Waals surface area (Å²) in [5.41, 5.74) is 2.26. The fourth-order valence-electron chi connectivity index (χ4n) is 4.14. The summed E-state index contributed by atoms with van der Waals surface area (Å²) < 4.78 is 40.9. The number of nitrogens with one attached hydrogen (secondary N) is 1. The lowest BCUT2D eigenvalue weighted by Crippen LogP contribution is -3.15. The summed E-state index contributed by atoms with van der Waals surface area (Å²) in [7, 11) is 0. The van der Waals surface area contributed by atoms with Gasteiger partial charge in [0, 0.05) is 11.5 Å². The van der Waals surface area contributed by atoms with E-state index in [1.807, 2.05) is 24.3 Å². The molecule has 8 heteroatoms. The van der Waals surface area contributed by atoms with E-state index in [2.05, 4.69) is 16.7 Å². The minimum absolute atomic E-state index is 0.183. The molecule has 2 aliphatic rings. The number of amides is 1. The Labute approximate surface area is 172 Å². The van der Waals surface area contributed by atoms with Gasteiger partial charge in [0.15, 0.2) is 6.67 Å². The third-order valence-electron chi connectivity index (χ3n) is 5.46. The number of halogens is 3. The van der Waals surface area contributed by atoms with Crippen molar-refractivity contribution in [3.05, 3.63) is 54.1 Å². The van der Waals surface area contributed by atoms with E-state index in [0.29, 0.717) is 24.0 Å². The molecule has 0 bridgehead atoms. The van der Waals surface area contributed by atoms with Crippen LogP contribution < -0.4 is 14.5 Å². The topological polar surface area (TPSA) is 46.3 Å². The molecule has 2 aliphatic heterocycles. The molecule has 1 saturated heterocycles. The molecule has 0 aliphatic carbocycles. The Hall–Kier alpha value is -2.87. The van der Waals surface area contributed by atoms with Crippen LogP contribution in [0.1, 0.15) is 25.3 Å². The molecule has 0 radical (unpaired) electrons. The van der Waals surface area contributed by atoms with Crippen LogP contribution in [0.4, 0.5) is 24.5 Å². The van der Waals surface area contributed by atoms with E-state index in [1.54, 1.807) is 4.90 Å². The minimum Gasteiger partial charge on any atom is -0.406 e. The van der Waals surface area contributed by atoms with Gasteiger partial charge in [0.2, 0.25) is 0 Å². The normalized spacial score (nSPS) is 23.0. The first-order valence-electron chi connectivity index (χ1n) is 9.99. The Morgan fingerprint density at radius 2 is 1.90 bits per heavy atom. The molecule has 1 amide bonds. The number of hydrogen-bond acceptors (Lipinski definition) is 3. The number of ether oxygens (including phenoxy) is 1. The monoisotopic (exact) mass is 418 g/mol.